The van der Waals surface area contributed by atoms with Gasteiger partial charge in [-0.3, -0.25) is 0 Å². The SMILES string of the molecule is COCOc1cccc(-c2ccc(C)cc2)c1C=CC#Cc1ccc(C(=O)OC)cc1. The van der Waals surface area contributed by atoms with Gasteiger partial charge in [0.15, 0.2) is 6.79 Å². The second-order valence-corrected chi connectivity index (χ2v) is 6.81. The molecule has 0 bridgehead atoms. The molecule has 0 N–H and O–H groups in total. The van der Waals surface area contributed by atoms with E-state index in [0.717, 1.165) is 28.0 Å². The maximum atomic E-state index is 11.5. The van der Waals surface area contributed by atoms with Crippen LogP contribution in [0.15, 0.2) is 72.8 Å². The Hall–Kier alpha value is -3.81. The third-order valence-electron chi connectivity index (χ3n) is 4.62. The zero-order valence-electron chi connectivity index (χ0n) is 17.8. The van der Waals surface area contributed by atoms with Gasteiger partial charge in [-0.15, -0.1) is 0 Å². The molecule has 0 heterocycles. The first-order valence-corrected chi connectivity index (χ1v) is 9.80. The third kappa shape index (κ3) is 5.85. The van der Waals surface area contributed by atoms with Crippen LogP contribution in [0.25, 0.3) is 17.2 Å². The van der Waals surface area contributed by atoms with E-state index >= 15 is 0 Å². The van der Waals surface area contributed by atoms with Gasteiger partial charge in [-0.25, -0.2) is 4.79 Å². The maximum Gasteiger partial charge on any atom is 0.337 e. The van der Waals surface area contributed by atoms with Crippen molar-refractivity contribution in [2.24, 2.45) is 0 Å². The summed E-state index contributed by atoms with van der Waals surface area (Å²) in [5.41, 5.74) is 5.58. The van der Waals surface area contributed by atoms with Crippen molar-refractivity contribution in [3.63, 3.8) is 0 Å². The summed E-state index contributed by atoms with van der Waals surface area (Å²) in [6.07, 6.45) is 3.73. The van der Waals surface area contributed by atoms with E-state index in [1.165, 1.54) is 12.7 Å². The Morgan fingerprint density at radius 2 is 1.71 bits per heavy atom. The molecular formula is C27H24O4. The van der Waals surface area contributed by atoms with Gasteiger partial charge < -0.3 is 14.2 Å². The number of hydrogen-bond donors (Lipinski definition) is 0. The maximum absolute atomic E-state index is 11.5. The highest BCUT2D eigenvalue weighted by Crippen LogP contribution is 2.32. The molecule has 0 amide bonds. The first-order chi connectivity index (χ1) is 15.1. The molecule has 0 fully saturated rings. The zero-order chi connectivity index (χ0) is 22.1. The van der Waals surface area contributed by atoms with Crippen molar-refractivity contribution in [2.75, 3.05) is 21.0 Å². The van der Waals surface area contributed by atoms with E-state index in [-0.39, 0.29) is 12.8 Å². The standard InChI is InChI=1S/C27H24O4/c1-20-11-15-22(16-12-20)24-9-6-10-26(31-19-29-2)25(24)8-5-4-7-21-13-17-23(18-14-21)27(28)30-3/h5-6,8-18H,19H2,1-3H3. The van der Waals surface area contributed by atoms with Crippen molar-refractivity contribution >= 4 is 12.0 Å². The summed E-state index contributed by atoms with van der Waals surface area (Å²) in [6.45, 7) is 2.23. The van der Waals surface area contributed by atoms with Gasteiger partial charge in [-0.1, -0.05) is 53.8 Å². The molecule has 0 aliphatic rings. The van der Waals surface area contributed by atoms with Gasteiger partial charge in [0.1, 0.15) is 5.75 Å². The van der Waals surface area contributed by atoms with Gasteiger partial charge in [0.25, 0.3) is 0 Å². The lowest BCUT2D eigenvalue weighted by Crippen LogP contribution is -2.01. The highest BCUT2D eigenvalue weighted by Gasteiger charge is 2.09. The van der Waals surface area contributed by atoms with Crippen LogP contribution in [0.4, 0.5) is 0 Å². The molecule has 3 rings (SSSR count). The molecule has 0 spiro atoms. The minimum Gasteiger partial charge on any atom is -0.467 e. The average Bonchev–Trinajstić information content (AvgIpc) is 2.81. The van der Waals surface area contributed by atoms with E-state index < -0.39 is 0 Å². The van der Waals surface area contributed by atoms with E-state index in [2.05, 4.69) is 49.1 Å². The lowest BCUT2D eigenvalue weighted by molar-refractivity contribution is 0.0510. The first kappa shape index (κ1) is 21.9. The smallest absolute Gasteiger partial charge is 0.337 e. The fourth-order valence-corrected chi connectivity index (χ4v) is 3.01. The Morgan fingerprint density at radius 1 is 0.968 bits per heavy atom. The van der Waals surface area contributed by atoms with Gasteiger partial charge in [-0.05, 0) is 60.5 Å². The second-order valence-electron chi connectivity index (χ2n) is 6.81. The number of methoxy groups -OCH3 is 2. The molecule has 3 aromatic rings. The summed E-state index contributed by atoms with van der Waals surface area (Å²) < 4.78 is 15.6. The zero-order valence-corrected chi connectivity index (χ0v) is 17.8. The molecule has 0 unspecified atom stereocenters. The Labute approximate surface area is 183 Å². The molecule has 0 radical (unpaired) electrons. The van der Waals surface area contributed by atoms with Crippen LogP contribution in [0.1, 0.15) is 27.0 Å². The minimum absolute atomic E-state index is 0.163. The number of hydrogen-bond acceptors (Lipinski definition) is 4. The van der Waals surface area contributed by atoms with Crippen molar-refractivity contribution in [3.8, 4) is 28.7 Å². The summed E-state index contributed by atoms with van der Waals surface area (Å²) in [4.78, 5) is 11.5. The normalized spacial score (nSPS) is 10.4. The van der Waals surface area contributed by atoms with Crippen molar-refractivity contribution in [1.82, 2.24) is 0 Å². The number of allylic oxidation sites excluding steroid dienone is 1. The average molecular weight is 412 g/mol. The Balaban J connectivity index is 1.89. The molecule has 0 aliphatic heterocycles. The molecule has 31 heavy (non-hydrogen) atoms. The third-order valence-corrected chi connectivity index (χ3v) is 4.62. The lowest BCUT2D eigenvalue weighted by Gasteiger charge is -2.13. The topological polar surface area (TPSA) is 44.8 Å². The number of ether oxygens (including phenoxy) is 3. The summed E-state index contributed by atoms with van der Waals surface area (Å²) in [5.74, 6) is 6.48. The van der Waals surface area contributed by atoms with Gasteiger partial charge >= 0.3 is 5.97 Å². The van der Waals surface area contributed by atoms with Crippen LogP contribution in [0.3, 0.4) is 0 Å². The molecule has 4 heteroatoms. The number of esters is 1. The summed E-state index contributed by atoms with van der Waals surface area (Å²) in [7, 11) is 2.95. The van der Waals surface area contributed by atoms with E-state index in [0.29, 0.717) is 5.56 Å². The van der Waals surface area contributed by atoms with Crippen LogP contribution in [0, 0.1) is 18.8 Å². The second kappa shape index (κ2) is 10.8. The van der Waals surface area contributed by atoms with Crippen LogP contribution in [0.2, 0.25) is 0 Å². The quantitative estimate of drug-likeness (QED) is 0.305. The molecule has 0 aliphatic carbocycles. The molecule has 156 valence electrons. The highest BCUT2D eigenvalue weighted by atomic mass is 16.7. The summed E-state index contributed by atoms with van der Waals surface area (Å²) in [5, 5.41) is 0. The van der Waals surface area contributed by atoms with Gasteiger partial charge in [0, 0.05) is 18.2 Å². The molecule has 0 atom stereocenters. The van der Waals surface area contributed by atoms with Crippen LogP contribution >= 0.6 is 0 Å². The fraction of sp³-hybridized carbons (Fsp3) is 0.148. The molecule has 3 aromatic carbocycles. The molecule has 0 saturated carbocycles. The number of carbonyl (C=O) groups is 1. The predicted molar refractivity (Wildman–Crippen MR) is 123 cm³/mol. The van der Waals surface area contributed by atoms with Crippen molar-refractivity contribution < 1.29 is 19.0 Å². The predicted octanol–water partition coefficient (Wildman–Crippen LogP) is 5.50. The summed E-state index contributed by atoms with van der Waals surface area (Å²) >= 11 is 0. The number of benzene rings is 3. The van der Waals surface area contributed by atoms with Crippen LogP contribution in [-0.2, 0) is 9.47 Å². The molecule has 4 nitrogen and oxygen atoms in total. The molecule has 0 aromatic heterocycles. The van der Waals surface area contributed by atoms with E-state index in [1.54, 1.807) is 37.5 Å². The van der Waals surface area contributed by atoms with Crippen LogP contribution in [0.5, 0.6) is 5.75 Å². The van der Waals surface area contributed by atoms with Crippen LogP contribution in [-0.4, -0.2) is 27.0 Å². The summed E-state index contributed by atoms with van der Waals surface area (Å²) in [6, 6.07) is 21.3. The highest BCUT2D eigenvalue weighted by molar-refractivity contribution is 5.89. The van der Waals surface area contributed by atoms with Crippen molar-refractivity contribution in [3.05, 3.63) is 95.1 Å². The largest absolute Gasteiger partial charge is 0.467 e. The minimum atomic E-state index is -0.365. The van der Waals surface area contributed by atoms with E-state index in [9.17, 15) is 4.79 Å². The van der Waals surface area contributed by atoms with Gasteiger partial charge in [-0.2, -0.15) is 0 Å². The van der Waals surface area contributed by atoms with E-state index in [1.807, 2.05) is 18.2 Å². The number of rotatable bonds is 6. The Kier molecular flexibility index (Phi) is 7.64. The van der Waals surface area contributed by atoms with Crippen molar-refractivity contribution in [2.45, 2.75) is 6.92 Å². The number of aryl methyl sites for hydroxylation is 1. The van der Waals surface area contributed by atoms with E-state index in [4.69, 9.17) is 14.2 Å². The molecule has 0 saturated heterocycles. The molecular weight excluding hydrogens is 388 g/mol. The fourth-order valence-electron chi connectivity index (χ4n) is 3.01. The monoisotopic (exact) mass is 412 g/mol. The first-order valence-electron chi connectivity index (χ1n) is 9.80. The van der Waals surface area contributed by atoms with Gasteiger partial charge in [0.05, 0.1) is 12.7 Å². The van der Waals surface area contributed by atoms with Crippen molar-refractivity contribution in [1.29, 1.82) is 0 Å². The Bertz CT molecular complexity index is 1110. The van der Waals surface area contributed by atoms with Crippen LogP contribution < -0.4 is 4.74 Å². The Morgan fingerprint density at radius 3 is 2.39 bits per heavy atom. The van der Waals surface area contributed by atoms with Gasteiger partial charge in [0.2, 0.25) is 0 Å². The number of carbonyl (C=O) groups excluding carboxylic acids is 1. The lowest BCUT2D eigenvalue weighted by atomic mass is 9.97.